The summed E-state index contributed by atoms with van der Waals surface area (Å²) in [6.07, 6.45) is 1.95. The van der Waals surface area contributed by atoms with Crippen molar-refractivity contribution >= 4 is 49.6 Å². The highest BCUT2D eigenvalue weighted by molar-refractivity contribution is 9.10. The Hall–Kier alpha value is -1.52. The lowest BCUT2D eigenvalue weighted by Gasteiger charge is -2.03. The van der Waals surface area contributed by atoms with Crippen molar-refractivity contribution in [1.29, 1.82) is 0 Å². The van der Waals surface area contributed by atoms with Gasteiger partial charge in [0.25, 0.3) is 0 Å². The van der Waals surface area contributed by atoms with E-state index in [2.05, 4.69) is 47.1 Å². The van der Waals surface area contributed by atoms with Gasteiger partial charge < -0.3 is 0 Å². The minimum Gasteiger partial charge on any atom is -0.287 e. The molecular formula is C18H16Br2NO+. The molecule has 0 saturated heterocycles. The number of aryl methyl sites for hydroxylation is 1. The summed E-state index contributed by atoms with van der Waals surface area (Å²) in [5, 5.41) is 1.15. The molecule has 1 aromatic heterocycles. The molecule has 0 radical (unpaired) electrons. The number of pyridine rings is 1. The van der Waals surface area contributed by atoms with Crippen molar-refractivity contribution in [2.75, 3.05) is 0 Å². The average molecular weight is 422 g/mol. The predicted octanol–water partition coefficient (Wildman–Crippen LogP) is 4.66. The van der Waals surface area contributed by atoms with Crippen molar-refractivity contribution in [2.24, 2.45) is 0 Å². The maximum absolute atomic E-state index is 12.4. The number of carbonyl (C=O) groups excluding carboxylic acids is 1. The predicted molar refractivity (Wildman–Crippen MR) is 97.7 cm³/mol. The topological polar surface area (TPSA) is 20.9 Å². The number of fused-ring (bicyclic) bond motifs is 1. The van der Waals surface area contributed by atoms with Crippen LogP contribution in [-0.2, 0) is 6.54 Å². The Balaban J connectivity index is 0.00000176. The minimum atomic E-state index is 0. The van der Waals surface area contributed by atoms with Crippen LogP contribution in [0.2, 0.25) is 0 Å². The number of nitrogens with zero attached hydrogens (tertiary/aromatic N) is 1. The van der Waals surface area contributed by atoms with E-state index in [4.69, 9.17) is 0 Å². The third-order valence-corrected chi connectivity index (χ3v) is 3.99. The van der Waals surface area contributed by atoms with Crippen LogP contribution in [0.4, 0.5) is 0 Å². The molecule has 3 rings (SSSR count). The van der Waals surface area contributed by atoms with Gasteiger partial charge in [0, 0.05) is 27.6 Å². The van der Waals surface area contributed by atoms with E-state index < -0.39 is 0 Å². The molecule has 3 aromatic rings. The van der Waals surface area contributed by atoms with Gasteiger partial charge in [-0.2, -0.15) is 4.57 Å². The van der Waals surface area contributed by atoms with Crippen LogP contribution in [-0.4, -0.2) is 5.78 Å². The Morgan fingerprint density at radius 2 is 1.91 bits per heavy atom. The molecule has 0 spiro atoms. The van der Waals surface area contributed by atoms with Crippen molar-refractivity contribution in [3.05, 3.63) is 76.4 Å². The Bertz CT molecular complexity index is 830. The lowest BCUT2D eigenvalue weighted by atomic mass is 10.1. The molecule has 22 heavy (non-hydrogen) atoms. The van der Waals surface area contributed by atoms with E-state index in [0.717, 1.165) is 20.9 Å². The van der Waals surface area contributed by atoms with E-state index in [1.54, 1.807) is 0 Å². The van der Waals surface area contributed by atoms with Crippen LogP contribution in [0.25, 0.3) is 10.9 Å². The van der Waals surface area contributed by atoms with Gasteiger partial charge in [-0.25, -0.2) is 0 Å². The van der Waals surface area contributed by atoms with Crippen molar-refractivity contribution in [3.8, 4) is 0 Å². The quantitative estimate of drug-likeness (QED) is 0.445. The zero-order valence-corrected chi connectivity index (χ0v) is 15.4. The molecular weight excluding hydrogens is 406 g/mol. The summed E-state index contributed by atoms with van der Waals surface area (Å²) in [5.41, 5.74) is 3.02. The maximum Gasteiger partial charge on any atom is 0.227 e. The number of aromatic nitrogens is 1. The summed E-state index contributed by atoms with van der Waals surface area (Å²) in [4.78, 5) is 12.4. The molecule has 0 aliphatic heterocycles. The van der Waals surface area contributed by atoms with Gasteiger partial charge in [-0.15, -0.1) is 17.0 Å². The second kappa shape index (κ2) is 7.16. The molecule has 0 N–H and O–H groups in total. The fourth-order valence-corrected chi connectivity index (χ4v) is 2.84. The van der Waals surface area contributed by atoms with Gasteiger partial charge in [0.2, 0.25) is 17.8 Å². The van der Waals surface area contributed by atoms with Crippen LogP contribution >= 0.6 is 32.9 Å². The lowest BCUT2D eigenvalue weighted by Crippen LogP contribution is -2.38. The van der Waals surface area contributed by atoms with E-state index in [0.29, 0.717) is 6.54 Å². The van der Waals surface area contributed by atoms with Gasteiger partial charge in [-0.05, 0) is 31.2 Å². The van der Waals surface area contributed by atoms with Crippen LogP contribution in [0.3, 0.4) is 0 Å². The van der Waals surface area contributed by atoms with E-state index in [1.165, 1.54) is 5.56 Å². The Labute approximate surface area is 148 Å². The van der Waals surface area contributed by atoms with Gasteiger partial charge in [0.05, 0.1) is 0 Å². The van der Waals surface area contributed by atoms with E-state index in [-0.39, 0.29) is 22.8 Å². The standard InChI is InChI=1S/C18H15BrNO.BrH/c1-13-7-8-17-14(10-13)5-3-9-20(17)12-18(21)15-4-2-6-16(19)11-15;/h2-11H,12H2,1H3;1H/q+1;. The summed E-state index contributed by atoms with van der Waals surface area (Å²) in [5.74, 6) is 0.106. The van der Waals surface area contributed by atoms with Crippen molar-refractivity contribution in [3.63, 3.8) is 0 Å². The smallest absolute Gasteiger partial charge is 0.227 e. The molecule has 2 aromatic carbocycles. The molecule has 0 aliphatic carbocycles. The second-order valence-electron chi connectivity index (χ2n) is 5.13. The number of rotatable bonds is 3. The molecule has 112 valence electrons. The molecule has 0 bridgehead atoms. The van der Waals surface area contributed by atoms with Gasteiger partial charge in [0.15, 0.2) is 6.20 Å². The van der Waals surface area contributed by atoms with Crippen LogP contribution in [0.5, 0.6) is 0 Å². The fourth-order valence-electron chi connectivity index (χ4n) is 2.45. The maximum atomic E-state index is 12.4. The first kappa shape index (κ1) is 16.8. The third kappa shape index (κ3) is 3.62. The molecule has 0 fully saturated rings. The first-order valence-electron chi connectivity index (χ1n) is 6.81. The van der Waals surface area contributed by atoms with Crippen molar-refractivity contribution < 1.29 is 9.36 Å². The molecule has 0 atom stereocenters. The zero-order chi connectivity index (χ0) is 14.8. The SMILES string of the molecule is Br.Cc1ccc2c(ccc[n+]2CC(=O)c2cccc(Br)c2)c1. The van der Waals surface area contributed by atoms with Crippen LogP contribution < -0.4 is 4.57 Å². The molecule has 0 unspecified atom stereocenters. The van der Waals surface area contributed by atoms with E-state index in [9.17, 15) is 4.79 Å². The number of halogens is 2. The highest BCUT2D eigenvalue weighted by Gasteiger charge is 2.15. The number of carbonyl (C=O) groups is 1. The Kier molecular flexibility index (Phi) is 5.48. The first-order chi connectivity index (χ1) is 10.1. The summed E-state index contributed by atoms with van der Waals surface area (Å²) in [6, 6.07) is 17.8. The Morgan fingerprint density at radius 1 is 1.09 bits per heavy atom. The summed E-state index contributed by atoms with van der Waals surface area (Å²) >= 11 is 3.40. The largest absolute Gasteiger partial charge is 0.287 e. The van der Waals surface area contributed by atoms with Gasteiger partial charge in [-0.3, -0.25) is 4.79 Å². The zero-order valence-electron chi connectivity index (χ0n) is 12.1. The third-order valence-electron chi connectivity index (χ3n) is 3.49. The number of hydrogen-bond acceptors (Lipinski definition) is 1. The molecule has 0 amide bonds. The van der Waals surface area contributed by atoms with Crippen LogP contribution in [0, 0.1) is 6.92 Å². The number of ketones is 1. The lowest BCUT2D eigenvalue weighted by molar-refractivity contribution is -0.657. The van der Waals surface area contributed by atoms with Gasteiger partial charge in [-0.1, -0.05) is 39.7 Å². The highest BCUT2D eigenvalue weighted by Crippen LogP contribution is 2.14. The van der Waals surface area contributed by atoms with Gasteiger partial charge in [0.1, 0.15) is 0 Å². The van der Waals surface area contributed by atoms with Gasteiger partial charge >= 0.3 is 0 Å². The molecule has 0 saturated carbocycles. The van der Waals surface area contributed by atoms with Crippen molar-refractivity contribution in [2.45, 2.75) is 13.5 Å². The molecule has 2 nitrogen and oxygen atoms in total. The minimum absolute atomic E-state index is 0. The molecule has 1 heterocycles. The second-order valence-corrected chi connectivity index (χ2v) is 6.05. The van der Waals surface area contributed by atoms with Crippen LogP contribution in [0.15, 0.2) is 65.3 Å². The fraction of sp³-hybridized carbons (Fsp3) is 0.111. The Morgan fingerprint density at radius 3 is 2.68 bits per heavy atom. The van der Waals surface area contributed by atoms with E-state index >= 15 is 0 Å². The van der Waals surface area contributed by atoms with Crippen LogP contribution in [0.1, 0.15) is 15.9 Å². The number of benzene rings is 2. The molecule has 0 aliphatic rings. The number of Topliss-reactive ketones (excluding diaryl/α,β-unsaturated/α-hetero) is 1. The number of hydrogen-bond donors (Lipinski definition) is 0. The monoisotopic (exact) mass is 420 g/mol. The van der Waals surface area contributed by atoms with E-state index in [1.807, 2.05) is 41.1 Å². The summed E-state index contributed by atoms with van der Waals surface area (Å²) < 4.78 is 2.92. The average Bonchev–Trinajstić information content (AvgIpc) is 2.47. The first-order valence-corrected chi connectivity index (χ1v) is 7.60. The summed E-state index contributed by atoms with van der Waals surface area (Å²) in [6.45, 7) is 2.42. The summed E-state index contributed by atoms with van der Waals surface area (Å²) in [7, 11) is 0. The normalized spacial score (nSPS) is 10.3. The van der Waals surface area contributed by atoms with Crippen molar-refractivity contribution in [1.82, 2.24) is 0 Å². The molecule has 4 heteroatoms. The highest BCUT2D eigenvalue weighted by atomic mass is 79.9.